The Labute approximate surface area is 306 Å². The van der Waals surface area contributed by atoms with Crippen molar-refractivity contribution in [2.75, 3.05) is 0 Å². The Hall–Kier alpha value is -6.90. The van der Waals surface area contributed by atoms with Crippen LogP contribution in [0.2, 0.25) is 0 Å². The highest BCUT2D eigenvalue weighted by Crippen LogP contribution is 2.65. The lowest BCUT2D eigenvalue weighted by molar-refractivity contribution is 0.447. The first-order chi connectivity index (χ1) is 26.3. The van der Waals surface area contributed by atoms with Crippen molar-refractivity contribution in [2.24, 2.45) is 0 Å². The van der Waals surface area contributed by atoms with Crippen molar-refractivity contribution in [2.45, 2.75) is 5.41 Å². The minimum absolute atomic E-state index is 0.581. The molecule has 2 aliphatic rings. The lowest BCUT2D eigenvalue weighted by Crippen LogP contribution is -2.32. The molecule has 9 aromatic carbocycles. The van der Waals surface area contributed by atoms with Gasteiger partial charge in [0.1, 0.15) is 11.5 Å². The summed E-state index contributed by atoms with van der Waals surface area (Å²) in [6, 6.07) is 68.9. The number of rotatable bonds is 2. The largest absolute Gasteiger partial charge is 0.455 e. The Balaban J connectivity index is 1.20. The summed E-state index contributed by atoms with van der Waals surface area (Å²) in [4.78, 5) is 0. The van der Waals surface area contributed by atoms with Gasteiger partial charge in [-0.3, -0.25) is 0 Å². The van der Waals surface area contributed by atoms with E-state index in [1.807, 2.05) is 0 Å². The average molecular weight is 674 g/mol. The third kappa shape index (κ3) is 3.72. The molecule has 0 radical (unpaired) electrons. The molecule has 0 fully saturated rings. The zero-order valence-corrected chi connectivity index (χ0v) is 28.8. The van der Waals surface area contributed by atoms with Gasteiger partial charge in [0.2, 0.25) is 0 Å². The molecule has 2 heterocycles. The third-order valence-corrected chi connectivity index (χ3v) is 11.8. The van der Waals surface area contributed by atoms with Crippen LogP contribution in [0.4, 0.5) is 0 Å². The molecule has 0 unspecified atom stereocenters. The van der Waals surface area contributed by atoms with Crippen LogP contribution >= 0.6 is 0 Å². The van der Waals surface area contributed by atoms with Crippen molar-refractivity contribution < 1.29 is 4.74 Å². The van der Waals surface area contributed by atoms with E-state index in [4.69, 9.17) is 4.74 Å². The molecule has 246 valence electrons. The SMILES string of the molecule is c1ccc(-n2c3ccccc3c3ccc(-c4cccc5c4-c4ccccc4C54c5ccc6ccccc6c5Oc5c4ccc4ccccc54)cc32)cc1. The molecule has 2 heteroatoms. The van der Waals surface area contributed by atoms with E-state index < -0.39 is 5.41 Å². The predicted octanol–water partition coefficient (Wildman–Crippen LogP) is 13.2. The van der Waals surface area contributed by atoms with Gasteiger partial charge in [-0.2, -0.15) is 0 Å². The molecule has 0 saturated carbocycles. The Morgan fingerprint density at radius 2 is 0.962 bits per heavy atom. The van der Waals surface area contributed by atoms with Gasteiger partial charge in [-0.15, -0.1) is 0 Å². The van der Waals surface area contributed by atoms with Crippen molar-refractivity contribution in [1.29, 1.82) is 0 Å². The van der Waals surface area contributed by atoms with Gasteiger partial charge >= 0.3 is 0 Å². The standard InChI is InChI=1S/C51H31NO/c1-2-15-35(16-3-1)52-46-24-11-9-19-39(46)40-28-25-34(31-47(40)52)36-21-12-23-43-48(36)41-20-8-10-22-42(41)51(43)44-29-26-32-13-4-6-17-37(32)49(44)53-50-38-18-7-5-14-33(38)27-30-45(50)51/h1-31H. The normalized spacial score (nSPS) is 13.6. The molecule has 1 spiro atoms. The summed E-state index contributed by atoms with van der Waals surface area (Å²) in [5.41, 5.74) is 12.9. The van der Waals surface area contributed by atoms with Crippen LogP contribution in [-0.4, -0.2) is 4.57 Å². The Morgan fingerprint density at radius 1 is 0.377 bits per heavy atom. The fourth-order valence-corrected chi connectivity index (χ4v) is 9.69. The van der Waals surface area contributed by atoms with Gasteiger partial charge in [-0.05, 0) is 68.4 Å². The van der Waals surface area contributed by atoms with Crippen molar-refractivity contribution in [1.82, 2.24) is 4.57 Å². The van der Waals surface area contributed by atoms with E-state index in [-0.39, 0.29) is 0 Å². The van der Waals surface area contributed by atoms with Gasteiger partial charge < -0.3 is 9.30 Å². The lowest BCUT2D eigenvalue weighted by Gasteiger charge is -2.40. The molecule has 0 amide bonds. The van der Waals surface area contributed by atoms with E-state index in [0.717, 1.165) is 28.0 Å². The number of benzene rings is 9. The van der Waals surface area contributed by atoms with Crippen LogP contribution in [0.15, 0.2) is 188 Å². The fraction of sp³-hybridized carbons (Fsp3) is 0.0196. The van der Waals surface area contributed by atoms with E-state index in [1.54, 1.807) is 0 Å². The maximum atomic E-state index is 7.17. The minimum Gasteiger partial charge on any atom is -0.455 e. The molecule has 0 atom stereocenters. The molecular formula is C51H31NO. The van der Waals surface area contributed by atoms with Crippen LogP contribution in [0, 0.1) is 0 Å². The Kier molecular flexibility index (Phi) is 5.73. The molecule has 1 aliphatic carbocycles. The number of aromatic nitrogens is 1. The number of fused-ring (bicyclic) bond motifs is 16. The lowest BCUT2D eigenvalue weighted by atomic mass is 9.65. The molecule has 0 saturated heterocycles. The zero-order valence-electron chi connectivity index (χ0n) is 28.8. The van der Waals surface area contributed by atoms with Crippen molar-refractivity contribution in [3.8, 4) is 39.4 Å². The predicted molar refractivity (Wildman–Crippen MR) is 219 cm³/mol. The van der Waals surface area contributed by atoms with E-state index in [1.165, 1.54) is 77.1 Å². The number of hydrogen-bond donors (Lipinski definition) is 0. The number of hydrogen-bond acceptors (Lipinski definition) is 1. The second kappa shape index (κ2) is 10.6. The van der Waals surface area contributed by atoms with Crippen LogP contribution < -0.4 is 4.74 Å². The highest BCUT2D eigenvalue weighted by atomic mass is 16.5. The first kappa shape index (κ1) is 28.8. The van der Waals surface area contributed by atoms with Gasteiger partial charge in [0, 0.05) is 38.4 Å². The highest BCUT2D eigenvalue weighted by Gasteiger charge is 2.52. The quantitative estimate of drug-likeness (QED) is 0.178. The van der Waals surface area contributed by atoms with Crippen LogP contribution in [0.5, 0.6) is 11.5 Å². The molecule has 10 aromatic rings. The summed E-state index contributed by atoms with van der Waals surface area (Å²) in [7, 11) is 0. The molecule has 1 aliphatic heterocycles. The Bertz CT molecular complexity index is 3060. The molecule has 12 rings (SSSR count). The topological polar surface area (TPSA) is 14.2 Å². The second-order valence-corrected chi connectivity index (χ2v) is 14.4. The van der Waals surface area contributed by atoms with E-state index in [0.29, 0.717) is 0 Å². The first-order valence-corrected chi connectivity index (χ1v) is 18.4. The summed E-state index contributed by atoms with van der Waals surface area (Å²) >= 11 is 0. The van der Waals surface area contributed by atoms with Gasteiger partial charge in [-0.1, -0.05) is 164 Å². The number of ether oxygens (including phenoxy) is 1. The van der Waals surface area contributed by atoms with Crippen LogP contribution in [-0.2, 0) is 5.41 Å². The Morgan fingerprint density at radius 3 is 1.72 bits per heavy atom. The van der Waals surface area contributed by atoms with Crippen molar-refractivity contribution in [3.05, 3.63) is 210 Å². The smallest absolute Gasteiger partial charge is 0.140 e. The molecule has 0 N–H and O–H groups in total. The molecule has 0 bridgehead atoms. The third-order valence-electron chi connectivity index (χ3n) is 11.8. The van der Waals surface area contributed by atoms with Crippen molar-refractivity contribution >= 4 is 43.4 Å². The van der Waals surface area contributed by atoms with Crippen molar-refractivity contribution in [3.63, 3.8) is 0 Å². The monoisotopic (exact) mass is 673 g/mol. The molecule has 1 aromatic heterocycles. The first-order valence-electron chi connectivity index (χ1n) is 18.4. The van der Waals surface area contributed by atoms with Crippen LogP contribution in [0.3, 0.4) is 0 Å². The molecule has 2 nitrogen and oxygen atoms in total. The number of nitrogens with zero attached hydrogens (tertiary/aromatic N) is 1. The second-order valence-electron chi connectivity index (χ2n) is 14.4. The zero-order chi connectivity index (χ0) is 34.7. The van der Waals surface area contributed by atoms with E-state index in [9.17, 15) is 0 Å². The molecule has 53 heavy (non-hydrogen) atoms. The summed E-state index contributed by atoms with van der Waals surface area (Å²) in [6.45, 7) is 0. The summed E-state index contributed by atoms with van der Waals surface area (Å²) in [6.07, 6.45) is 0. The summed E-state index contributed by atoms with van der Waals surface area (Å²) < 4.78 is 9.58. The molecular weight excluding hydrogens is 643 g/mol. The van der Waals surface area contributed by atoms with Gasteiger partial charge in [0.05, 0.1) is 16.4 Å². The maximum absolute atomic E-state index is 7.17. The van der Waals surface area contributed by atoms with Gasteiger partial charge in [0.25, 0.3) is 0 Å². The highest BCUT2D eigenvalue weighted by molar-refractivity contribution is 6.11. The maximum Gasteiger partial charge on any atom is 0.140 e. The van der Waals surface area contributed by atoms with Gasteiger partial charge in [0.15, 0.2) is 0 Å². The average Bonchev–Trinajstić information content (AvgIpc) is 3.72. The summed E-state index contributed by atoms with van der Waals surface area (Å²) in [5, 5.41) is 7.12. The number of para-hydroxylation sites is 2. The van der Waals surface area contributed by atoms with Gasteiger partial charge in [-0.25, -0.2) is 0 Å². The minimum atomic E-state index is -0.581. The van der Waals surface area contributed by atoms with Crippen LogP contribution in [0.1, 0.15) is 22.3 Å². The summed E-state index contributed by atoms with van der Waals surface area (Å²) in [5.74, 6) is 1.88. The van der Waals surface area contributed by atoms with Crippen LogP contribution in [0.25, 0.3) is 71.3 Å². The van der Waals surface area contributed by atoms with E-state index in [2.05, 4.69) is 193 Å². The fourth-order valence-electron chi connectivity index (χ4n) is 9.69. The van der Waals surface area contributed by atoms with E-state index >= 15 is 0 Å².